The summed E-state index contributed by atoms with van der Waals surface area (Å²) < 4.78 is 0. The minimum absolute atomic E-state index is 0.0376. The Morgan fingerprint density at radius 1 is 0.967 bits per heavy atom. The molecular formula is C23H24N4O2S. The third-order valence-electron chi connectivity index (χ3n) is 5.20. The number of nitrogens with one attached hydrogen (secondary N) is 1. The number of piperazine rings is 1. The van der Waals surface area contributed by atoms with Crippen molar-refractivity contribution in [3.8, 4) is 0 Å². The van der Waals surface area contributed by atoms with Crippen molar-refractivity contribution in [2.45, 2.75) is 12.5 Å². The average molecular weight is 421 g/mol. The van der Waals surface area contributed by atoms with Crippen molar-refractivity contribution in [2.75, 3.05) is 31.1 Å². The van der Waals surface area contributed by atoms with E-state index in [2.05, 4.69) is 15.2 Å². The van der Waals surface area contributed by atoms with Gasteiger partial charge in [0.05, 0.1) is 4.88 Å². The number of pyridine rings is 1. The maximum absolute atomic E-state index is 13.3. The molecule has 154 valence electrons. The molecule has 0 aliphatic carbocycles. The number of rotatable bonds is 6. The molecule has 30 heavy (non-hydrogen) atoms. The van der Waals surface area contributed by atoms with Crippen LogP contribution in [-0.4, -0.2) is 53.9 Å². The molecule has 6 nitrogen and oxygen atoms in total. The summed E-state index contributed by atoms with van der Waals surface area (Å²) in [5, 5.41) is 4.82. The van der Waals surface area contributed by atoms with E-state index in [0.29, 0.717) is 24.4 Å². The highest BCUT2D eigenvalue weighted by Gasteiger charge is 2.29. The molecule has 1 aliphatic heterocycles. The van der Waals surface area contributed by atoms with Gasteiger partial charge in [-0.3, -0.25) is 9.59 Å². The van der Waals surface area contributed by atoms with Gasteiger partial charge in [0.2, 0.25) is 5.91 Å². The monoisotopic (exact) mass is 420 g/mol. The van der Waals surface area contributed by atoms with Crippen LogP contribution in [0.2, 0.25) is 0 Å². The highest BCUT2D eigenvalue weighted by Crippen LogP contribution is 2.15. The van der Waals surface area contributed by atoms with Crippen molar-refractivity contribution in [2.24, 2.45) is 0 Å². The molecule has 7 heteroatoms. The SMILES string of the molecule is O=C(N[C@@H](Cc1ccccc1)C(=O)N1CCN(c2ccccn2)CC1)c1cccs1. The molecule has 1 saturated heterocycles. The van der Waals surface area contributed by atoms with E-state index in [4.69, 9.17) is 0 Å². The lowest BCUT2D eigenvalue weighted by Crippen LogP contribution is -2.55. The molecule has 1 atom stereocenters. The summed E-state index contributed by atoms with van der Waals surface area (Å²) in [7, 11) is 0. The van der Waals surface area contributed by atoms with Crippen LogP contribution in [0.4, 0.5) is 5.82 Å². The lowest BCUT2D eigenvalue weighted by Gasteiger charge is -2.37. The van der Waals surface area contributed by atoms with Gasteiger partial charge in [0, 0.05) is 38.8 Å². The van der Waals surface area contributed by atoms with Gasteiger partial charge in [-0.05, 0) is 29.1 Å². The Labute approximate surface area is 180 Å². The first-order chi connectivity index (χ1) is 14.7. The number of carbonyl (C=O) groups excluding carboxylic acids is 2. The molecular weight excluding hydrogens is 396 g/mol. The van der Waals surface area contributed by atoms with Crippen LogP contribution in [0.3, 0.4) is 0 Å². The fourth-order valence-electron chi connectivity index (χ4n) is 3.60. The van der Waals surface area contributed by atoms with Gasteiger partial charge < -0.3 is 15.1 Å². The lowest BCUT2D eigenvalue weighted by atomic mass is 10.0. The summed E-state index contributed by atoms with van der Waals surface area (Å²) in [6.45, 7) is 2.66. The highest BCUT2D eigenvalue weighted by atomic mass is 32.1. The Bertz CT molecular complexity index is 955. The third kappa shape index (κ3) is 4.86. The Balaban J connectivity index is 1.44. The molecule has 0 unspecified atom stereocenters. The molecule has 3 aromatic rings. The molecule has 1 aliphatic rings. The number of benzene rings is 1. The van der Waals surface area contributed by atoms with Gasteiger partial charge in [-0.15, -0.1) is 11.3 Å². The molecule has 1 aromatic carbocycles. The van der Waals surface area contributed by atoms with Gasteiger partial charge in [0.1, 0.15) is 11.9 Å². The molecule has 1 fully saturated rings. The number of amides is 2. The summed E-state index contributed by atoms with van der Waals surface area (Å²) in [6.07, 6.45) is 2.25. The van der Waals surface area contributed by atoms with Gasteiger partial charge in [0.15, 0.2) is 0 Å². The second-order valence-electron chi connectivity index (χ2n) is 7.19. The van der Waals surface area contributed by atoms with E-state index in [-0.39, 0.29) is 11.8 Å². The van der Waals surface area contributed by atoms with Crippen LogP contribution < -0.4 is 10.2 Å². The normalized spacial score (nSPS) is 14.9. The molecule has 0 saturated carbocycles. The Morgan fingerprint density at radius 3 is 2.40 bits per heavy atom. The average Bonchev–Trinajstić information content (AvgIpc) is 3.35. The second kappa shape index (κ2) is 9.54. The van der Waals surface area contributed by atoms with Gasteiger partial charge in [0.25, 0.3) is 5.91 Å². The van der Waals surface area contributed by atoms with Crippen LogP contribution in [0.25, 0.3) is 0 Å². The summed E-state index contributed by atoms with van der Waals surface area (Å²) in [5.74, 6) is 0.687. The maximum atomic E-state index is 13.3. The number of thiophene rings is 1. The van der Waals surface area contributed by atoms with Gasteiger partial charge in [-0.1, -0.05) is 42.5 Å². The topological polar surface area (TPSA) is 65.5 Å². The molecule has 2 amide bonds. The maximum Gasteiger partial charge on any atom is 0.262 e. The van der Waals surface area contributed by atoms with Gasteiger partial charge in [-0.25, -0.2) is 4.98 Å². The zero-order valence-corrected chi connectivity index (χ0v) is 17.4. The highest BCUT2D eigenvalue weighted by molar-refractivity contribution is 7.12. The third-order valence-corrected chi connectivity index (χ3v) is 6.06. The fraction of sp³-hybridized carbons (Fsp3) is 0.261. The predicted octanol–water partition coefficient (Wildman–Crippen LogP) is 2.83. The Kier molecular flexibility index (Phi) is 6.39. The standard InChI is InChI=1S/C23H24N4O2S/c28-22(20-9-6-16-30-20)25-19(17-18-7-2-1-3-8-18)23(29)27-14-12-26(13-15-27)21-10-4-5-11-24-21/h1-11,16,19H,12-15,17H2,(H,25,28)/t19-/m0/s1. The van der Waals surface area contributed by atoms with E-state index < -0.39 is 6.04 Å². The van der Waals surface area contributed by atoms with Crippen LogP contribution in [0.15, 0.2) is 72.2 Å². The summed E-state index contributed by atoms with van der Waals surface area (Å²) >= 11 is 1.37. The number of anilines is 1. The smallest absolute Gasteiger partial charge is 0.262 e. The number of aromatic nitrogens is 1. The second-order valence-corrected chi connectivity index (χ2v) is 8.14. The van der Waals surface area contributed by atoms with Crippen molar-refractivity contribution in [1.82, 2.24) is 15.2 Å². The van der Waals surface area contributed by atoms with Crippen molar-refractivity contribution in [1.29, 1.82) is 0 Å². The lowest BCUT2D eigenvalue weighted by molar-refractivity contribution is -0.133. The van der Waals surface area contributed by atoms with E-state index >= 15 is 0 Å². The molecule has 1 N–H and O–H groups in total. The van der Waals surface area contributed by atoms with Crippen LogP contribution in [0.5, 0.6) is 0 Å². The van der Waals surface area contributed by atoms with Crippen molar-refractivity contribution in [3.63, 3.8) is 0 Å². The largest absolute Gasteiger partial charge is 0.353 e. The van der Waals surface area contributed by atoms with E-state index in [9.17, 15) is 9.59 Å². The Morgan fingerprint density at radius 2 is 1.73 bits per heavy atom. The molecule has 0 radical (unpaired) electrons. The quantitative estimate of drug-likeness (QED) is 0.666. The summed E-state index contributed by atoms with van der Waals surface area (Å²) in [5.41, 5.74) is 1.02. The first-order valence-electron chi connectivity index (χ1n) is 10.0. The number of hydrogen-bond acceptors (Lipinski definition) is 5. The van der Waals surface area contributed by atoms with Crippen molar-refractivity contribution in [3.05, 3.63) is 82.7 Å². The zero-order valence-electron chi connectivity index (χ0n) is 16.6. The number of nitrogens with zero attached hydrogens (tertiary/aromatic N) is 3. The molecule has 0 spiro atoms. The van der Waals surface area contributed by atoms with E-state index in [1.165, 1.54) is 11.3 Å². The summed E-state index contributed by atoms with van der Waals surface area (Å²) in [4.78, 5) is 35.0. The van der Waals surface area contributed by atoms with Crippen LogP contribution in [-0.2, 0) is 11.2 Å². The van der Waals surface area contributed by atoms with E-state index in [1.807, 2.05) is 64.9 Å². The first kappa shape index (κ1) is 20.1. The minimum atomic E-state index is -0.594. The minimum Gasteiger partial charge on any atom is -0.353 e. The predicted molar refractivity (Wildman–Crippen MR) is 119 cm³/mol. The summed E-state index contributed by atoms with van der Waals surface area (Å²) in [6, 6.07) is 18.7. The fourth-order valence-corrected chi connectivity index (χ4v) is 4.23. The van der Waals surface area contributed by atoms with Crippen LogP contribution in [0.1, 0.15) is 15.2 Å². The molecule has 4 rings (SSSR count). The zero-order chi connectivity index (χ0) is 20.8. The van der Waals surface area contributed by atoms with Gasteiger partial charge in [-0.2, -0.15) is 0 Å². The molecule has 2 aromatic heterocycles. The molecule has 0 bridgehead atoms. The number of hydrogen-bond donors (Lipinski definition) is 1. The first-order valence-corrected chi connectivity index (χ1v) is 10.9. The van der Waals surface area contributed by atoms with Crippen LogP contribution >= 0.6 is 11.3 Å². The van der Waals surface area contributed by atoms with Gasteiger partial charge >= 0.3 is 0 Å². The number of carbonyl (C=O) groups is 2. The molecule has 3 heterocycles. The van der Waals surface area contributed by atoms with E-state index in [0.717, 1.165) is 24.5 Å². The Hall–Kier alpha value is -3.19. The van der Waals surface area contributed by atoms with E-state index in [1.54, 1.807) is 12.3 Å². The van der Waals surface area contributed by atoms with Crippen LogP contribution in [0, 0.1) is 0 Å². The van der Waals surface area contributed by atoms with Crippen molar-refractivity contribution < 1.29 is 9.59 Å². The van der Waals surface area contributed by atoms with Crippen molar-refractivity contribution >= 4 is 29.0 Å².